The van der Waals surface area contributed by atoms with Crippen molar-refractivity contribution >= 4 is 25.1 Å². The van der Waals surface area contributed by atoms with Gasteiger partial charge in [-0.15, -0.1) is 0 Å². The predicted octanol–water partition coefficient (Wildman–Crippen LogP) is 3.04. The fourth-order valence-electron chi connectivity index (χ4n) is 1.67. The second-order valence-electron chi connectivity index (χ2n) is 8.30. The Morgan fingerprint density at radius 3 is 2.20 bits per heavy atom. The largest absolute Gasteiger partial charge is 0.766 e. The van der Waals surface area contributed by atoms with E-state index in [1.807, 2.05) is 6.92 Å². The molecule has 146 valence electrons. The van der Waals surface area contributed by atoms with E-state index in [-0.39, 0.29) is 16.3 Å². The average molecular weight is 395 g/mol. The van der Waals surface area contributed by atoms with E-state index in [0.717, 1.165) is 18.7 Å². The van der Waals surface area contributed by atoms with Crippen LogP contribution in [0.3, 0.4) is 0 Å². The fraction of sp³-hybridized carbons (Fsp3) is 0.706. The lowest BCUT2D eigenvalue weighted by molar-refractivity contribution is -0.458. The molecule has 0 bridgehead atoms. The van der Waals surface area contributed by atoms with Crippen LogP contribution in [0, 0.1) is 0 Å². The standard InChI is InChI=1S/C13H21ClNO4P.C4H11N/c1-5-6-7-9-8-20(17,18)19-11(10(9)14)12(16)15-13(2,3)4;1-4(2,3)5/h8H,5-7H2,1-4H3,(H,15,16)(H,17,18);5H2,1-3H3. The van der Waals surface area contributed by atoms with Crippen LogP contribution in [0.1, 0.15) is 67.7 Å². The number of allylic oxidation sites excluding steroid dienone is 2. The minimum atomic E-state index is -4.21. The zero-order chi connectivity index (χ0) is 20.1. The van der Waals surface area contributed by atoms with Gasteiger partial charge in [-0.05, 0) is 60.0 Å². The van der Waals surface area contributed by atoms with Crippen molar-refractivity contribution in [3.63, 3.8) is 0 Å². The number of unbranched alkanes of at least 4 members (excludes halogenated alkanes) is 1. The lowest BCUT2D eigenvalue weighted by atomic mass is 10.1. The van der Waals surface area contributed by atoms with Crippen molar-refractivity contribution in [3.05, 3.63) is 22.2 Å². The highest BCUT2D eigenvalue weighted by molar-refractivity contribution is 7.55. The first-order valence-electron chi connectivity index (χ1n) is 8.36. The lowest BCUT2D eigenvalue weighted by Gasteiger charge is -2.30. The Kier molecular flexibility index (Phi) is 8.92. The third-order valence-electron chi connectivity index (χ3n) is 2.51. The molecule has 1 aliphatic heterocycles. The molecule has 0 aromatic carbocycles. The molecule has 4 N–H and O–H groups in total. The van der Waals surface area contributed by atoms with Gasteiger partial charge in [0.1, 0.15) is 0 Å². The van der Waals surface area contributed by atoms with Gasteiger partial charge >= 0.3 is 0 Å². The van der Waals surface area contributed by atoms with Crippen LogP contribution in [0.15, 0.2) is 22.2 Å². The van der Waals surface area contributed by atoms with Gasteiger partial charge in [0.2, 0.25) is 13.4 Å². The summed E-state index contributed by atoms with van der Waals surface area (Å²) in [7, 11) is -4.21. The summed E-state index contributed by atoms with van der Waals surface area (Å²) in [5.74, 6) is 0.0491. The number of carbonyl (C=O) groups is 1. The zero-order valence-electron chi connectivity index (χ0n) is 16.4. The molecule has 0 aliphatic carbocycles. The van der Waals surface area contributed by atoms with Crippen molar-refractivity contribution < 1.29 is 24.5 Å². The summed E-state index contributed by atoms with van der Waals surface area (Å²) >= 11 is 6.10. The number of quaternary nitrogens is 1. The molecule has 1 unspecified atom stereocenters. The maximum atomic E-state index is 12.1. The van der Waals surface area contributed by atoms with E-state index in [4.69, 9.17) is 16.1 Å². The minimum absolute atomic E-state index is 0.0718. The summed E-state index contributed by atoms with van der Waals surface area (Å²) < 4.78 is 16.5. The maximum absolute atomic E-state index is 12.1. The zero-order valence-corrected chi connectivity index (χ0v) is 18.0. The summed E-state index contributed by atoms with van der Waals surface area (Å²) in [4.78, 5) is 23.8. The molecule has 1 atom stereocenters. The third-order valence-corrected chi connectivity index (χ3v) is 3.99. The SMILES string of the molecule is CC(C)(C)[NH3+].CCCCC1=CP(=O)([O-])OC(C(=O)NC(C)(C)C)=C1Cl. The number of hydrogen-bond donors (Lipinski definition) is 2. The first-order valence-corrected chi connectivity index (χ1v) is 10.3. The second kappa shape index (κ2) is 9.22. The van der Waals surface area contributed by atoms with E-state index < -0.39 is 19.0 Å². The number of hydrogen-bond acceptors (Lipinski definition) is 4. The molecule has 1 aliphatic rings. The summed E-state index contributed by atoms with van der Waals surface area (Å²) in [5, 5.41) is 2.71. The molecule has 0 saturated carbocycles. The van der Waals surface area contributed by atoms with Crippen LogP contribution < -0.4 is 15.9 Å². The molecule has 0 spiro atoms. The first kappa shape index (κ1) is 24.2. The van der Waals surface area contributed by atoms with Crippen molar-refractivity contribution in [2.75, 3.05) is 0 Å². The van der Waals surface area contributed by atoms with Crippen molar-refractivity contribution in [1.82, 2.24) is 5.32 Å². The number of amides is 1. The van der Waals surface area contributed by atoms with Crippen LogP contribution in [0.25, 0.3) is 0 Å². The third kappa shape index (κ3) is 11.4. The van der Waals surface area contributed by atoms with Gasteiger partial charge in [-0.25, -0.2) is 0 Å². The topological polar surface area (TPSA) is 106 Å². The Labute approximate surface area is 156 Å². The van der Waals surface area contributed by atoms with Crippen LogP contribution >= 0.6 is 19.2 Å². The lowest BCUT2D eigenvalue weighted by Crippen LogP contribution is -2.67. The highest BCUT2D eigenvalue weighted by Gasteiger charge is 2.29. The molecule has 8 heteroatoms. The smallest absolute Gasteiger partial charge is 0.288 e. The van der Waals surface area contributed by atoms with E-state index in [0.29, 0.717) is 12.0 Å². The summed E-state index contributed by atoms with van der Waals surface area (Å²) in [6, 6.07) is 0. The second-order valence-corrected chi connectivity index (χ2v) is 10.2. The predicted molar refractivity (Wildman–Crippen MR) is 99.7 cm³/mol. The van der Waals surface area contributed by atoms with Crippen molar-refractivity contribution in [2.45, 2.75) is 78.8 Å². The van der Waals surface area contributed by atoms with Gasteiger partial charge in [-0.2, -0.15) is 0 Å². The Morgan fingerprint density at radius 2 is 1.80 bits per heavy atom. The maximum Gasteiger partial charge on any atom is 0.288 e. The molecule has 6 nitrogen and oxygen atoms in total. The number of rotatable bonds is 4. The summed E-state index contributed by atoms with van der Waals surface area (Å²) in [6.07, 6.45) is 2.18. The minimum Gasteiger partial charge on any atom is -0.766 e. The molecule has 1 heterocycles. The van der Waals surface area contributed by atoms with Crippen LogP contribution in [-0.4, -0.2) is 17.0 Å². The molecule has 0 radical (unpaired) electrons. The highest BCUT2D eigenvalue weighted by atomic mass is 35.5. The molecule has 1 rings (SSSR count). The molecule has 0 saturated heterocycles. The van der Waals surface area contributed by atoms with E-state index in [9.17, 15) is 14.3 Å². The van der Waals surface area contributed by atoms with Crippen molar-refractivity contribution in [1.29, 1.82) is 0 Å². The Balaban J connectivity index is 0.00000101. The molecule has 0 aromatic rings. The van der Waals surface area contributed by atoms with E-state index >= 15 is 0 Å². The Bertz CT molecular complexity index is 580. The van der Waals surface area contributed by atoms with Crippen LogP contribution in [0.4, 0.5) is 0 Å². The fourth-order valence-corrected chi connectivity index (χ4v) is 3.19. The number of halogens is 1. The summed E-state index contributed by atoms with van der Waals surface area (Å²) in [5.41, 5.74) is 3.94. The van der Waals surface area contributed by atoms with Crippen LogP contribution in [-0.2, 0) is 13.9 Å². The molecule has 0 aromatic heterocycles. The number of nitrogens with one attached hydrogen (secondary N) is 1. The summed E-state index contributed by atoms with van der Waals surface area (Å²) in [6.45, 7) is 13.6. The molecule has 25 heavy (non-hydrogen) atoms. The average Bonchev–Trinajstić information content (AvgIpc) is 2.35. The van der Waals surface area contributed by atoms with Gasteiger partial charge in [-0.1, -0.05) is 24.9 Å². The van der Waals surface area contributed by atoms with Crippen molar-refractivity contribution in [2.24, 2.45) is 0 Å². The first-order chi connectivity index (χ1) is 11.1. The molecular weight excluding hydrogens is 363 g/mol. The Hall–Kier alpha value is -0.810. The number of carbonyl (C=O) groups excluding carboxylic acids is 1. The van der Waals surface area contributed by atoms with Gasteiger partial charge in [0.05, 0.1) is 10.6 Å². The van der Waals surface area contributed by atoms with Gasteiger partial charge in [-0.3, -0.25) is 9.36 Å². The van der Waals surface area contributed by atoms with Gasteiger partial charge in [0, 0.05) is 11.4 Å². The quantitative estimate of drug-likeness (QED) is 0.714. The Morgan fingerprint density at radius 1 is 1.32 bits per heavy atom. The van der Waals surface area contributed by atoms with Gasteiger partial charge in [0.15, 0.2) is 0 Å². The normalized spacial score (nSPS) is 21.0. The highest BCUT2D eigenvalue weighted by Crippen LogP contribution is 2.50. The molecule has 0 fully saturated rings. The van der Waals surface area contributed by atoms with Crippen molar-refractivity contribution in [3.8, 4) is 0 Å². The molecule has 1 amide bonds. The monoisotopic (exact) mass is 394 g/mol. The van der Waals surface area contributed by atoms with E-state index in [1.165, 1.54) is 0 Å². The van der Waals surface area contributed by atoms with Gasteiger partial charge in [0.25, 0.3) is 5.91 Å². The van der Waals surface area contributed by atoms with E-state index in [1.54, 1.807) is 20.8 Å². The van der Waals surface area contributed by atoms with Crippen LogP contribution in [0.5, 0.6) is 0 Å². The van der Waals surface area contributed by atoms with E-state index in [2.05, 4.69) is 31.8 Å². The van der Waals surface area contributed by atoms with Crippen LogP contribution in [0.2, 0.25) is 0 Å². The molecular formula is C17H32ClN2O4P. The van der Waals surface area contributed by atoms with Gasteiger partial charge < -0.3 is 20.5 Å².